The molecule has 0 N–H and O–H groups in total. The summed E-state index contributed by atoms with van der Waals surface area (Å²) in [5.41, 5.74) is 0.393. The lowest BCUT2D eigenvalue weighted by Gasteiger charge is -2.22. The van der Waals surface area contributed by atoms with Gasteiger partial charge in [0.15, 0.2) is 0 Å². The van der Waals surface area contributed by atoms with Crippen LogP contribution in [-0.2, 0) is 20.9 Å². The standard InChI is InChI=1S/C18H14F3N3O4S/c1-27-17(26)15-8-7-14(29-15)13-9-10-23(22-13)11-16(25)24(28-18(19,20)21)12-5-3-2-4-6-12/h2-10H,11H2,1H3. The molecule has 0 bridgehead atoms. The van der Waals surface area contributed by atoms with Gasteiger partial charge in [0.25, 0.3) is 5.91 Å². The second-order valence-electron chi connectivity index (χ2n) is 5.61. The van der Waals surface area contributed by atoms with Crippen LogP contribution in [0.3, 0.4) is 0 Å². The number of hydroxylamine groups is 1. The number of ether oxygens (including phenoxy) is 1. The molecular formula is C18H14F3N3O4S. The van der Waals surface area contributed by atoms with Crippen LogP contribution in [0.4, 0.5) is 18.9 Å². The molecule has 2 aromatic heterocycles. The first kappa shape index (κ1) is 20.6. The van der Waals surface area contributed by atoms with Crippen molar-refractivity contribution >= 4 is 28.9 Å². The quantitative estimate of drug-likeness (QED) is 0.443. The molecule has 0 aliphatic rings. The van der Waals surface area contributed by atoms with Gasteiger partial charge in [0.05, 0.1) is 17.7 Å². The number of anilines is 1. The van der Waals surface area contributed by atoms with Crippen molar-refractivity contribution in [1.29, 1.82) is 0 Å². The zero-order chi connectivity index (χ0) is 21.0. The van der Waals surface area contributed by atoms with Crippen LogP contribution < -0.4 is 5.06 Å². The lowest BCUT2D eigenvalue weighted by molar-refractivity contribution is -0.327. The Morgan fingerprint density at radius 3 is 2.52 bits per heavy atom. The van der Waals surface area contributed by atoms with Crippen LogP contribution in [0.2, 0.25) is 0 Å². The molecular weight excluding hydrogens is 411 g/mol. The second-order valence-corrected chi connectivity index (χ2v) is 6.70. The van der Waals surface area contributed by atoms with Gasteiger partial charge in [-0.1, -0.05) is 18.2 Å². The minimum Gasteiger partial charge on any atom is -0.465 e. The molecule has 7 nitrogen and oxygen atoms in total. The fraction of sp³-hybridized carbons (Fsp3) is 0.167. The largest absolute Gasteiger partial charge is 0.544 e. The molecule has 0 aliphatic heterocycles. The van der Waals surface area contributed by atoms with Crippen molar-refractivity contribution in [1.82, 2.24) is 9.78 Å². The first-order chi connectivity index (χ1) is 13.8. The van der Waals surface area contributed by atoms with E-state index in [1.54, 1.807) is 24.3 Å². The number of methoxy groups -OCH3 is 1. The maximum Gasteiger partial charge on any atom is 0.544 e. The monoisotopic (exact) mass is 425 g/mol. The first-order valence-corrected chi connectivity index (χ1v) is 8.94. The molecule has 1 amide bonds. The topological polar surface area (TPSA) is 73.7 Å². The maximum atomic E-state index is 12.7. The molecule has 0 saturated carbocycles. The number of hydrogen-bond acceptors (Lipinski definition) is 6. The third-order valence-electron chi connectivity index (χ3n) is 3.59. The van der Waals surface area contributed by atoms with Crippen molar-refractivity contribution in [3.63, 3.8) is 0 Å². The van der Waals surface area contributed by atoms with E-state index in [1.807, 2.05) is 0 Å². The van der Waals surface area contributed by atoms with E-state index in [1.165, 1.54) is 42.3 Å². The summed E-state index contributed by atoms with van der Waals surface area (Å²) in [6.45, 7) is -0.486. The van der Waals surface area contributed by atoms with Gasteiger partial charge in [0.1, 0.15) is 17.1 Å². The molecule has 2 heterocycles. The number of amides is 1. The molecule has 0 radical (unpaired) electrons. The molecule has 29 heavy (non-hydrogen) atoms. The number of hydrogen-bond donors (Lipinski definition) is 0. The Labute approximate surface area is 166 Å². The van der Waals surface area contributed by atoms with Crippen molar-refractivity contribution in [2.24, 2.45) is 0 Å². The number of benzene rings is 1. The van der Waals surface area contributed by atoms with E-state index < -0.39 is 24.8 Å². The summed E-state index contributed by atoms with van der Waals surface area (Å²) >= 11 is 1.14. The Morgan fingerprint density at radius 2 is 1.86 bits per heavy atom. The van der Waals surface area contributed by atoms with Crippen LogP contribution in [0.25, 0.3) is 10.6 Å². The fourth-order valence-corrected chi connectivity index (χ4v) is 3.27. The van der Waals surface area contributed by atoms with Gasteiger partial charge in [0, 0.05) is 6.20 Å². The van der Waals surface area contributed by atoms with Crippen molar-refractivity contribution in [3.8, 4) is 10.6 Å². The zero-order valence-corrected chi connectivity index (χ0v) is 15.7. The Hall–Kier alpha value is -3.18. The summed E-state index contributed by atoms with van der Waals surface area (Å²) in [6.07, 6.45) is -3.59. The lowest BCUT2D eigenvalue weighted by atomic mass is 10.3. The van der Waals surface area contributed by atoms with Gasteiger partial charge in [-0.25, -0.2) is 4.79 Å². The smallest absolute Gasteiger partial charge is 0.465 e. The predicted octanol–water partition coefficient (Wildman–Crippen LogP) is 3.88. The number of rotatable bonds is 6. The summed E-state index contributed by atoms with van der Waals surface area (Å²) in [5, 5.41) is 4.36. The SMILES string of the molecule is COC(=O)c1ccc(-c2ccn(CC(=O)N(OC(F)(F)F)c3ccccc3)n2)s1. The average molecular weight is 425 g/mol. The molecule has 0 atom stereocenters. The van der Waals surface area contributed by atoms with Crippen LogP contribution >= 0.6 is 11.3 Å². The number of carbonyl (C=O) groups is 2. The van der Waals surface area contributed by atoms with Gasteiger partial charge in [0.2, 0.25) is 0 Å². The summed E-state index contributed by atoms with van der Waals surface area (Å²) in [6, 6.07) is 12.0. The van der Waals surface area contributed by atoms with E-state index in [2.05, 4.69) is 14.7 Å². The van der Waals surface area contributed by atoms with Gasteiger partial charge in [-0.15, -0.1) is 24.5 Å². The van der Waals surface area contributed by atoms with Gasteiger partial charge in [-0.3, -0.25) is 9.48 Å². The summed E-state index contributed by atoms with van der Waals surface area (Å²) in [7, 11) is 1.27. The summed E-state index contributed by atoms with van der Waals surface area (Å²) in [4.78, 5) is 28.9. The molecule has 0 saturated heterocycles. The summed E-state index contributed by atoms with van der Waals surface area (Å²) < 4.78 is 44.0. The number of nitrogens with zero attached hydrogens (tertiary/aromatic N) is 3. The van der Waals surface area contributed by atoms with Crippen LogP contribution in [-0.4, -0.2) is 35.1 Å². The van der Waals surface area contributed by atoms with Crippen molar-refractivity contribution < 1.29 is 32.3 Å². The lowest BCUT2D eigenvalue weighted by Crippen LogP contribution is -2.38. The maximum absolute atomic E-state index is 12.7. The summed E-state index contributed by atoms with van der Waals surface area (Å²) in [5.74, 6) is -1.46. The second kappa shape index (κ2) is 8.45. The van der Waals surface area contributed by atoms with Crippen molar-refractivity contribution in [3.05, 3.63) is 59.6 Å². The van der Waals surface area contributed by atoms with Gasteiger partial charge in [-0.05, 0) is 30.3 Å². The first-order valence-electron chi connectivity index (χ1n) is 8.12. The highest BCUT2D eigenvalue weighted by Crippen LogP contribution is 2.27. The number of alkyl halides is 3. The minimum absolute atomic E-state index is 0.0665. The molecule has 0 fully saturated rings. The molecule has 0 unspecified atom stereocenters. The van der Waals surface area contributed by atoms with E-state index in [-0.39, 0.29) is 10.8 Å². The van der Waals surface area contributed by atoms with Crippen LogP contribution in [0.5, 0.6) is 0 Å². The number of halogens is 3. The van der Waals surface area contributed by atoms with E-state index in [0.717, 1.165) is 11.3 Å². The normalized spacial score (nSPS) is 11.3. The molecule has 3 aromatic rings. The Kier molecular flexibility index (Phi) is 5.99. The molecule has 3 rings (SSSR count). The number of aromatic nitrogens is 2. The molecule has 0 aliphatic carbocycles. The van der Waals surface area contributed by atoms with Gasteiger partial charge >= 0.3 is 12.3 Å². The Balaban J connectivity index is 1.77. The number of thiophene rings is 1. The van der Waals surface area contributed by atoms with Crippen LogP contribution in [0.15, 0.2) is 54.7 Å². The molecule has 11 heteroatoms. The fourth-order valence-electron chi connectivity index (χ4n) is 2.38. The Bertz CT molecular complexity index is 1000. The van der Waals surface area contributed by atoms with Gasteiger partial charge < -0.3 is 4.74 Å². The van der Waals surface area contributed by atoms with Crippen LogP contribution in [0, 0.1) is 0 Å². The third kappa shape index (κ3) is 5.21. The average Bonchev–Trinajstić information content (AvgIpc) is 3.35. The number of carbonyl (C=O) groups excluding carboxylic acids is 2. The highest BCUT2D eigenvalue weighted by atomic mass is 32.1. The molecule has 152 valence electrons. The van der Waals surface area contributed by atoms with E-state index in [4.69, 9.17) is 0 Å². The van der Waals surface area contributed by atoms with E-state index in [0.29, 0.717) is 15.4 Å². The zero-order valence-electron chi connectivity index (χ0n) is 14.9. The number of esters is 1. The van der Waals surface area contributed by atoms with Crippen molar-refractivity contribution in [2.45, 2.75) is 12.9 Å². The van der Waals surface area contributed by atoms with Crippen molar-refractivity contribution in [2.75, 3.05) is 12.2 Å². The highest BCUT2D eigenvalue weighted by molar-refractivity contribution is 7.17. The van der Waals surface area contributed by atoms with E-state index >= 15 is 0 Å². The highest BCUT2D eigenvalue weighted by Gasteiger charge is 2.36. The molecule has 0 spiro atoms. The predicted molar refractivity (Wildman–Crippen MR) is 97.9 cm³/mol. The number of para-hydroxylation sites is 1. The molecule has 1 aromatic carbocycles. The van der Waals surface area contributed by atoms with E-state index in [9.17, 15) is 22.8 Å². The van der Waals surface area contributed by atoms with Crippen LogP contribution in [0.1, 0.15) is 9.67 Å². The van der Waals surface area contributed by atoms with Gasteiger partial charge in [-0.2, -0.15) is 15.0 Å². The Morgan fingerprint density at radius 1 is 1.14 bits per heavy atom. The minimum atomic E-state index is -5.04. The third-order valence-corrected chi connectivity index (χ3v) is 4.68.